The molecule has 1 aliphatic carbocycles. The second kappa shape index (κ2) is 8.01. The monoisotopic (exact) mass is 378 g/mol. The Balaban J connectivity index is 0.00000104. The number of carbonyl (C=O) groups excluding carboxylic acids is 1. The van der Waals surface area contributed by atoms with Crippen molar-refractivity contribution in [3.05, 3.63) is 17.8 Å². The van der Waals surface area contributed by atoms with Crippen LogP contribution in [-0.2, 0) is 11.3 Å². The van der Waals surface area contributed by atoms with Crippen LogP contribution in [0.15, 0.2) is 10.7 Å². The maximum atomic E-state index is 12.2. The molecule has 4 rings (SSSR count). The van der Waals surface area contributed by atoms with E-state index in [1.807, 2.05) is 0 Å². The Labute approximate surface area is 153 Å². The topological polar surface area (TPSA) is 93.6 Å². The number of rotatable bonds is 4. The van der Waals surface area contributed by atoms with Gasteiger partial charge in [0.25, 0.3) is 5.91 Å². The summed E-state index contributed by atoms with van der Waals surface area (Å²) in [5.74, 6) is 0.960. The minimum atomic E-state index is -0.187. The summed E-state index contributed by atoms with van der Waals surface area (Å²) in [7, 11) is 0. The first-order valence-electron chi connectivity index (χ1n) is 8.04. The van der Waals surface area contributed by atoms with E-state index in [9.17, 15) is 4.79 Å². The fourth-order valence-electron chi connectivity index (χ4n) is 3.53. The smallest absolute Gasteiger partial charge is 0.273 e. The number of nitrogens with zero attached hydrogens (tertiary/aromatic N) is 2. The number of halogens is 2. The molecule has 9 heteroatoms. The van der Waals surface area contributed by atoms with E-state index in [2.05, 4.69) is 15.2 Å². The number of fused-ring (bicyclic) bond motifs is 1. The molecule has 0 unspecified atom stereocenters. The number of carbonyl (C=O) groups is 1. The number of nitrogens with two attached hydrogens (primary N) is 1. The molecule has 1 saturated carbocycles. The molecule has 3 N–H and O–H groups in total. The standard InChI is InChI=1S/C15H22N4O3.2ClH/c16-4-14-18-12(8-22-14)15(20)17-10-3-11-7-21-13(9-1-2-9)6-19(11)5-10;;/h8-11,13H,1-7,16H2,(H,17,20);2*1H/t10-,11-,13-;;/m0../s1. The molecular formula is C15H24Cl2N4O3. The molecule has 0 spiro atoms. The zero-order valence-corrected chi connectivity index (χ0v) is 15.0. The van der Waals surface area contributed by atoms with Crippen molar-refractivity contribution in [1.29, 1.82) is 0 Å². The number of ether oxygens (including phenoxy) is 1. The van der Waals surface area contributed by atoms with Gasteiger partial charge in [-0.05, 0) is 25.2 Å². The van der Waals surface area contributed by atoms with Gasteiger partial charge in [0.2, 0.25) is 5.89 Å². The molecule has 0 bridgehead atoms. The number of hydrogen-bond acceptors (Lipinski definition) is 6. The Morgan fingerprint density at radius 2 is 2.17 bits per heavy atom. The van der Waals surface area contributed by atoms with Crippen molar-refractivity contribution in [2.75, 3.05) is 19.7 Å². The van der Waals surface area contributed by atoms with Crippen molar-refractivity contribution in [1.82, 2.24) is 15.2 Å². The van der Waals surface area contributed by atoms with Gasteiger partial charge in [0.05, 0.1) is 19.3 Å². The van der Waals surface area contributed by atoms with Crippen molar-refractivity contribution in [3.8, 4) is 0 Å². The quantitative estimate of drug-likeness (QED) is 0.810. The van der Waals surface area contributed by atoms with Gasteiger partial charge >= 0.3 is 0 Å². The van der Waals surface area contributed by atoms with Gasteiger partial charge in [0.1, 0.15) is 6.26 Å². The molecule has 1 aromatic heterocycles. The lowest BCUT2D eigenvalue weighted by molar-refractivity contribution is -0.0581. The second-order valence-electron chi connectivity index (χ2n) is 6.55. The van der Waals surface area contributed by atoms with Crippen LogP contribution >= 0.6 is 24.8 Å². The SMILES string of the molecule is Cl.Cl.NCc1nc(C(=O)N[C@H]2C[C@H]3CO[C@H](C4CC4)CN3C2)co1. The number of hydrogen-bond donors (Lipinski definition) is 2. The Kier molecular flexibility index (Phi) is 6.50. The Hall–Kier alpha value is -0.860. The number of morpholine rings is 1. The lowest BCUT2D eigenvalue weighted by Gasteiger charge is -2.35. The summed E-state index contributed by atoms with van der Waals surface area (Å²) in [5.41, 5.74) is 5.74. The summed E-state index contributed by atoms with van der Waals surface area (Å²) < 4.78 is 11.1. The Morgan fingerprint density at radius 1 is 1.38 bits per heavy atom. The molecule has 1 aromatic rings. The third kappa shape index (κ3) is 4.03. The highest BCUT2D eigenvalue weighted by molar-refractivity contribution is 5.92. The summed E-state index contributed by atoms with van der Waals surface area (Å²) in [6.45, 7) is 2.88. The van der Waals surface area contributed by atoms with Crippen molar-refractivity contribution >= 4 is 30.7 Å². The van der Waals surface area contributed by atoms with Crippen molar-refractivity contribution < 1.29 is 13.9 Å². The van der Waals surface area contributed by atoms with E-state index >= 15 is 0 Å². The number of aromatic nitrogens is 1. The van der Waals surface area contributed by atoms with Gasteiger partial charge in [-0.1, -0.05) is 0 Å². The van der Waals surface area contributed by atoms with Crippen LogP contribution < -0.4 is 11.1 Å². The molecular weight excluding hydrogens is 355 g/mol. The Morgan fingerprint density at radius 3 is 2.83 bits per heavy atom. The molecule has 136 valence electrons. The van der Waals surface area contributed by atoms with Crippen LogP contribution in [0.4, 0.5) is 0 Å². The second-order valence-corrected chi connectivity index (χ2v) is 6.55. The molecule has 7 nitrogen and oxygen atoms in total. The average molecular weight is 379 g/mol. The van der Waals surface area contributed by atoms with Crippen LogP contribution in [0.25, 0.3) is 0 Å². The summed E-state index contributed by atoms with van der Waals surface area (Å²) in [6.07, 6.45) is 5.31. The molecule has 24 heavy (non-hydrogen) atoms. The summed E-state index contributed by atoms with van der Waals surface area (Å²) in [4.78, 5) is 18.7. The zero-order chi connectivity index (χ0) is 15.1. The van der Waals surface area contributed by atoms with Gasteiger partial charge < -0.3 is 20.2 Å². The van der Waals surface area contributed by atoms with Gasteiger partial charge in [-0.3, -0.25) is 9.69 Å². The maximum absolute atomic E-state index is 12.2. The summed E-state index contributed by atoms with van der Waals surface area (Å²) in [6, 6.07) is 0.578. The third-order valence-electron chi connectivity index (χ3n) is 4.89. The highest BCUT2D eigenvalue weighted by Crippen LogP contribution is 2.37. The molecule has 2 saturated heterocycles. The van der Waals surface area contributed by atoms with E-state index in [1.54, 1.807) is 0 Å². The maximum Gasteiger partial charge on any atom is 0.273 e. The normalized spacial score (nSPS) is 29.3. The molecule has 3 aliphatic rings. The van der Waals surface area contributed by atoms with Gasteiger partial charge in [0.15, 0.2) is 5.69 Å². The Bertz CT molecular complexity index is 567. The molecule has 1 amide bonds. The fourth-order valence-corrected chi connectivity index (χ4v) is 3.53. The first kappa shape index (κ1) is 19.5. The van der Waals surface area contributed by atoms with Gasteiger partial charge in [-0.25, -0.2) is 4.98 Å². The highest BCUT2D eigenvalue weighted by Gasteiger charge is 2.42. The third-order valence-corrected chi connectivity index (χ3v) is 4.89. The predicted octanol–water partition coefficient (Wildman–Crippen LogP) is 0.958. The molecule has 3 fully saturated rings. The lowest BCUT2D eigenvalue weighted by Crippen LogP contribution is -2.47. The van der Waals surface area contributed by atoms with Crippen LogP contribution in [0.2, 0.25) is 0 Å². The largest absolute Gasteiger partial charge is 0.447 e. The summed E-state index contributed by atoms with van der Waals surface area (Å²) >= 11 is 0. The van der Waals surface area contributed by atoms with Crippen molar-refractivity contribution in [2.24, 2.45) is 11.7 Å². The molecule has 3 heterocycles. The minimum absolute atomic E-state index is 0. The molecule has 0 aromatic carbocycles. The van der Waals surface area contributed by atoms with E-state index in [4.69, 9.17) is 14.9 Å². The van der Waals surface area contributed by atoms with E-state index in [0.717, 1.165) is 32.0 Å². The van der Waals surface area contributed by atoms with Gasteiger partial charge in [-0.15, -0.1) is 24.8 Å². The molecule has 2 aliphatic heterocycles. The van der Waals surface area contributed by atoms with Crippen LogP contribution in [0.5, 0.6) is 0 Å². The lowest BCUT2D eigenvalue weighted by atomic mass is 10.1. The first-order valence-corrected chi connectivity index (χ1v) is 8.04. The number of nitrogens with one attached hydrogen (secondary N) is 1. The van der Waals surface area contributed by atoms with Crippen molar-refractivity contribution in [2.45, 2.75) is 44.0 Å². The van der Waals surface area contributed by atoms with Crippen molar-refractivity contribution in [3.63, 3.8) is 0 Å². The molecule has 3 atom stereocenters. The zero-order valence-electron chi connectivity index (χ0n) is 13.3. The van der Waals surface area contributed by atoms with Crippen LogP contribution in [0.1, 0.15) is 35.6 Å². The van der Waals surface area contributed by atoms with Gasteiger partial charge in [-0.2, -0.15) is 0 Å². The van der Waals surface area contributed by atoms with Gasteiger partial charge in [0, 0.05) is 25.2 Å². The predicted molar refractivity (Wildman–Crippen MR) is 92.6 cm³/mol. The average Bonchev–Trinajstić information content (AvgIpc) is 3.12. The van der Waals surface area contributed by atoms with Crippen LogP contribution in [-0.4, -0.2) is 53.7 Å². The van der Waals surface area contributed by atoms with E-state index < -0.39 is 0 Å². The van der Waals surface area contributed by atoms with E-state index in [-0.39, 0.29) is 43.3 Å². The van der Waals surface area contributed by atoms with E-state index in [0.29, 0.717) is 23.7 Å². The van der Waals surface area contributed by atoms with Crippen LogP contribution in [0, 0.1) is 5.92 Å². The van der Waals surface area contributed by atoms with Crippen LogP contribution in [0.3, 0.4) is 0 Å². The summed E-state index contributed by atoms with van der Waals surface area (Å²) in [5, 5.41) is 3.05. The highest BCUT2D eigenvalue weighted by atomic mass is 35.5. The van der Waals surface area contributed by atoms with E-state index in [1.165, 1.54) is 19.1 Å². The fraction of sp³-hybridized carbons (Fsp3) is 0.733. The number of amides is 1. The first-order chi connectivity index (χ1) is 10.7. The minimum Gasteiger partial charge on any atom is -0.447 e. The molecule has 0 radical (unpaired) electrons. The number of oxazole rings is 1.